The van der Waals surface area contributed by atoms with E-state index in [1.807, 2.05) is 13.0 Å². The zero-order chi connectivity index (χ0) is 13.2. The minimum atomic E-state index is -0.147. The molecular formula is C14H12N4O. The first kappa shape index (κ1) is 11.4. The van der Waals surface area contributed by atoms with Gasteiger partial charge in [0.15, 0.2) is 0 Å². The van der Waals surface area contributed by atoms with Crippen molar-refractivity contribution in [3.8, 4) is 0 Å². The minimum Gasteiger partial charge on any atom is -0.345 e. The molecule has 5 nitrogen and oxygen atoms in total. The van der Waals surface area contributed by atoms with Crippen molar-refractivity contribution in [3.05, 3.63) is 54.1 Å². The zero-order valence-corrected chi connectivity index (χ0v) is 10.3. The van der Waals surface area contributed by atoms with Gasteiger partial charge in [0.1, 0.15) is 0 Å². The highest BCUT2D eigenvalue weighted by atomic mass is 16.1. The van der Waals surface area contributed by atoms with Gasteiger partial charge in [-0.05, 0) is 36.8 Å². The first-order chi connectivity index (χ1) is 9.24. The van der Waals surface area contributed by atoms with Crippen molar-refractivity contribution in [2.24, 2.45) is 0 Å². The standard InChI is InChI=1S/C14H12N4O/c1-9-7-15-5-4-11(9)18-14(19)10-2-3-12-13(6-10)17-8-16-12/h2-8H,1H3,(H,16,17)(H,15,18,19). The van der Waals surface area contributed by atoms with E-state index < -0.39 is 0 Å². The van der Waals surface area contributed by atoms with E-state index in [0.717, 1.165) is 22.3 Å². The zero-order valence-electron chi connectivity index (χ0n) is 10.3. The number of carbonyl (C=O) groups excluding carboxylic acids is 1. The molecule has 0 aliphatic carbocycles. The molecule has 0 radical (unpaired) electrons. The molecule has 0 fully saturated rings. The Labute approximate surface area is 109 Å². The van der Waals surface area contributed by atoms with Crippen molar-refractivity contribution in [2.75, 3.05) is 5.32 Å². The molecule has 0 bridgehead atoms. The molecule has 0 aliphatic rings. The van der Waals surface area contributed by atoms with E-state index in [1.54, 1.807) is 36.9 Å². The molecule has 0 saturated carbocycles. The molecule has 94 valence electrons. The molecule has 19 heavy (non-hydrogen) atoms. The first-order valence-corrected chi connectivity index (χ1v) is 5.89. The molecule has 2 aromatic heterocycles. The molecule has 5 heteroatoms. The quantitative estimate of drug-likeness (QED) is 0.736. The van der Waals surface area contributed by atoms with E-state index >= 15 is 0 Å². The lowest BCUT2D eigenvalue weighted by Crippen LogP contribution is -2.12. The molecule has 0 spiro atoms. The van der Waals surface area contributed by atoms with Crippen LogP contribution in [0.25, 0.3) is 11.0 Å². The Morgan fingerprint density at radius 1 is 1.32 bits per heavy atom. The number of anilines is 1. The SMILES string of the molecule is Cc1cnccc1NC(=O)c1ccc2nc[nH]c2c1. The number of hydrogen-bond acceptors (Lipinski definition) is 3. The number of nitrogens with one attached hydrogen (secondary N) is 2. The third-order valence-electron chi connectivity index (χ3n) is 2.95. The number of rotatable bonds is 2. The number of aromatic nitrogens is 3. The van der Waals surface area contributed by atoms with E-state index in [-0.39, 0.29) is 5.91 Å². The summed E-state index contributed by atoms with van der Waals surface area (Å²) in [5, 5.41) is 2.87. The van der Waals surface area contributed by atoms with Gasteiger partial charge in [0.05, 0.1) is 17.4 Å². The minimum absolute atomic E-state index is 0.147. The maximum absolute atomic E-state index is 12.2. The van der Waals surface area contributed by atoms with Crippen LogP contribution < -0.4 is 5.32 Å². The van der Waals surface area contributed by atoms with Crippen molar-refractivity contribution in [1.29, 1.82) is 0 Å². The summed E-state index contributed by atoms with van der Waals surface area (Å²) in [4.78, 5) is 23.3. The largest absolute Gasteiger partial charge is 0.345 e. The average Bonchev–Trinajstić information content (AvgIpc) is 2.88. The average molecular weight is 252 g/mol. The van der Waals surface area contributed by atoms with Crippen molar-refractivity contribution in [3.63, 3.8) is 0 Å². The number of aromatic amines is 1. The molecule has 0 saturated heterocycles. The number of amides is 1. The van der Waals surface area contributed by atoms with Crippen LogP contribution in [0.3, 0.4) is 0 Å². The van der Waals surface area contributed by atoms with Crippen LogP contribution in [-0.2, 0) is 0 Å². The molecule has 2 heterocycles. The lowest BCUT2D eigenvalue weighted by Gasteiger charge is -2.07. The maximum Gasteiger partial charge on any atom is 0.255 e. The van der Waals surface area contributed by atoms with Gasteiger partial charge in [0.2, 0.25) is 0 Å². The van der Waals surface area contributed by atoms with E-state index in [2.05, 4.69) is 20.3 Å². The maximum atomic E-state index is 12.2. The Hall–Kier alpha value is -2.69. The highest BCUT2D eigenvalue weighted by molar-refractivity contribution is 6.06. The van der Waals surface area contributed by atoms with Gasteiger partial charge in [-0.3, -0.25) is 9.78 Å². The van der Waals surface area contributed by atoms with Gasteiger partial charge in [-0.1, -0.05) is 0 Å². The van der Waals surface area contributed by atoms with Gasteiger partial charge in [-0.15, -0.1) is 0 Å². The van der Waals surface area contributed by atoms with Crippen LogP contribution >= 0.6 is 0 Å². The van der Waals surface area contributed by atoms with Crippen LogP contribution in [0.15, 0.2) is 43.0 Å². The normalized spacial score (nSPS) is 10.6. The number of nitrogens with zero attached hydrogens (tertiary/aromatic N) is 2. The Kier molecular flexibility index (Phi) is 2.72. The van der Waals surface area contributed by atoms with Crippen LogP contribution in [-0.4, -0.2) is 20.9 Å². The van der Waals surface area contributed by atoms with Crippen LogP contribution in [0.4, 0.5) is 5.69 Å². The van der Waals surface area contributed by atoms with Gasteiger partial charge in [0.25, 0.3) is 5.91 Å². The van der Waals surface area contributed by atoms with Crippen LogP contribution in [0.1, 0.15) is 15.9 Å². The van der Waals surface area contributed by atoms with Gasteiger partial charge < -0.3 is 10.3 Å². The number of benzene rings is 1. The predicted octanol–water partition coefficient (Wildman–Crippen LogP) is 2.52. The lowest BCUT2D eigenvalue weighted by atomic mass is 10.1. The molecular weight excluding hydrogens is 240 g/mol. The van der Waals surface area contributed by atoms with Gasteiger partial charge in [-0.25, -0.2) is 4.98 Å². The second-order valence-corrected chi connectivity index (χ2v) is 4.28. The van der Waals surface area contributed by atoms with Gasteiger partial charge >= 0.3 is 0 Å². The van der Waals surface area contributed by atoms with Crippen molar-refractivity contribution in [2.45, 2.75) is 6.92 Å². The van der Waals surface area contributed by atoms with E-state index in [1.165, 1.54) is 0 Å². The fourth-order valence-electron chi connectivity index (χ4n) is 1.88. The first-order valence-electron chi connectivity index (χ1n) is 5.89. The fourth-order valence-corrected chi connectivity index (χ4v) is 1.88. The molecule has 0 unspecified atom stereocenters. The fraction of sp³-hybridized carbons (Fsp3) is 0.0714. The Bertz CT molecular complexity index is 748. The molecule has 0 aliphatic heterocycles. The number of pyridine rings is 1. The highest BCUT2D eigenvalue weighted by Crippen LogP contribution is 2.16. The Morgan fingerprint density at radius 3 is 3.05 bits per heavy atom. The highest BCUT2D eigenvalue weighted by Gasteiger charge is 2.08. The number of H-pyrrole nitrogens is 1. The van der Waals surface area contributed by atoms with Gasteiger partial charge in [0, 0.05) is 23.6 Å². The number of imidazole rings is 1. The molecule has 2 N–H and O–H groups in total. The van der Waals surface area contributed by atoms with E-state index in [0.29, 0.717) is 5.56 Å². The second-order valence-electron chi connectivity index (χ2n) is 4.28. The molecule has 1 amide bonds. The van der Waals surface area contributed by atoms with E-state index in [9.17, 15) is 4.79 Å². The topological polar surface area (TPSA) is 70.7 Å². The summed E-state index contributed by atoms with van der Waals surface area (Å²) >= 11 is 0. The second kappa shape index (κ2) is 4.53. The summed E-state index contributed by atoms with van der Waals surface area (Å²) in [5.74, 6) is -0.147. The van der Waals surface area contributed by atoms with Crippen LogP contribution in [0, 0.1) is 6.92 Å². The molecule has 3 rings (SSSR count). The summed E-state index contributed by atoms with van der Waals surface area (Å²) in [6, 6.07) is 7.14. The number of fused-ring (bicyclic) bond motifs is 1. The van der Waals surface area contributed by atoms with E-state index in [4.69, 9.17) is 0 Å². The lowest BCUT2D eigenvalue weighted by molar-refractivity contribution is 0.102. The molecule has 1 aromatic carbocycles. The third-order valence-corrected chi connectivity index (χ3v) is 2.95. The summed E-state index contributed by atoms with van der Waals surface area (Å²) in [7, 11) is 0. The van der Waals surface area contributed by atoms with Crippen LogP contribution in [0.2, 0.25) is 0 Å². The van der Waals surface area contributed by atoms with Crippen molar-refractivity contribution < 1.29 is 4.79 Å². The van der Waals surface area contributed by atoms with Crippen molar-refractivity contribution in [1.82, 2.24) is 15.0 Å². The number of hydrogen-bond donors (Lipinski definition) is 2. The summed E-state index contributed by atoms with van der Waals surface area (Å²) in [5.41, 5.74) is 3.98. The molecule has 0 atom stereocenters. The summed E-state index contributed by atoms with van der Waals surface area (Å²) in [6.07, 6.45) is 4.98. The third kappa shape index (κ3) is 2.18. The van der Waals surface area contributed by atoms with Crippen LogP contribution in [0.5, 0.6) is 0 Å². The smallest absolute Gasteiger partial charge is 0.255 e. The predicted molar refractivity (Wildman–Crippen MR) is 73.0 cm³/mol. The summed E-state index contributed by atoms with van der Waals surface area (Å²) < 4.78 is 0. The number of aryl methyl sites for hydroxylation is 1. The Morgan fingerprint density at radius 2 is 2.21 bits per heavy atom. The van der Waals surface area contributed by atoms with Crippen molar-refractivity contribution >= 4 is 22.6 Å². The monoisotopic (exact) mass is 252 g/mol. The van der Waals surface area contributed by atoms with Gasteiger partial charge in [-0.2, -0.15) is 0 Å². The Balaban J connectivity index is 1.89. The number of carbonyl (C=O) groups is 1. The summed E-state index contributed by atoms with van der Waals surface area (Å²) in [6.45, 7) is 1.90. The molecule has 3 aromatic rings.